The van der Waals surface area contributed by atoms with Gasteiger partial charge in [0.25, 0.3) is 0 Å². The topological polar surface area (TPSA) is 84.7 Å². The van der Waals surface area contributed by atoms with Crippen LogP contribution in [0.1, 0.15) is 19.3 Å². The molecule has 1 aromatic carbocycles. The van der Waals surface area contributed by atoms with Gasteiger partial charge >= 0.3 is 0 Å². The number of carbonyl (C=O) groups is 2. The van der Waals surface area contributed by atoms with Crippen LogP contribution < -0.4 is 11.1 Å². The first-order valence-corrected chi connectivity index (χ1v) is 8.00. The van der Waals surface area contributed by atoms with Gasteiger partial charge in [0.1, 0.15) is 0 Å². The Morgan fingerprint density at radius 2 is 1.96 bits per heavy atom. The van der Waals surface area contributed by atoms with Crippen molar-refractivity contribution in [1.82, 2.24) is 4.90 Å². The monoisotopic (exact) mass is 319 g/mol. The Morgan fingerprint density at radius 1 is 1.30 bits per heavy atom. The largest absolute Gasteiger partial charge is 0.380 e. The molecule has 1 aromatic rings. The highest BCUT2D eigenvalue weighted by atomic mass is 16.5. The lowest BCUT2D eigenvalue weighted by Gasteiger charge is -2.32. The molecule has 1 fully saturated rings. The number of anilines is 1. The van der Waals surface area contributed by atoms with Crippen molar-refractivity contribution in [3.05, 3.63) is 30.3 Å². The van der Waals surface area contributed by atoms with Crippen molar-refractivity contribution in [2.45, 2.75) is 25.4 Å². The number of para-hydroxylation sites is 1. The number of amides is 2. The summed E-state index contributed by atoms with van der Waals surface area (Å²) in [6.45, 7) is 1.54. The van der Waals surface area contributed by atoms with Gasteiger partial charge < -0.3 is 20.7 Å². The van der Waals surface area contributed by atoms with Crippen molar-refractivity contribution < 1.29 is 14.3 Å². The summed E-state index contributed by atoms with van der Waals surface area (Å²) < 4.78 is 5.15. The lowest BCUT2D eigenvalue weighted by Crippen LogP contribution is -2.43. The number of hydrogen-bond acceptors (Lipinski definition) is 4. The zero-order valence-electron chi connectivity index (χ0n) is 13.5. The van der Waals surface area contributed by atoms with Crippen LogP contribution in [0, 0.1) is 5.92 Å². The SMILES string of the molecule is COC(CN)CC(=O)N1CCC(C(=O)Nc2ccccc2)CC1. The zero-order chi connectivity index (χ0) is 16.7. The molecule has 1 heterocycles. The van der Waals surface area contributed by atoms with Gasteiger partial charge in [-0.3, -0.25) is 9.59 Å². The van der Waals surface area contributed by atoms with E-state index in [1.165, 1.54) is 0 Å². The minimum Gasteiger partial charge on any atom is -0.380 e. The number of methoxy groups -OCH3 is 1. The molecule has 2 amide bonds. The van der Waals surface area contributed by atoms with Crippen molar-refractivity contribution in [2.75, 3.05) is 32.1 Å². The molecule has 126 valence electrons. The molecule has 3 N–H and O–H groups in total. The number of nitrogens with one attached hydrogen (secondary N) is 1. The number of nitrogens with zero attached hydrogens (tertiary/aromatic N) is 1. The van der Waals surface area contributed by atoms with Gasteiger partial charge in [0.15, 0.2) is 0 Å². The minimum atomic E-state index is -0.235. The fraction of sp³-hybridized carbons (Fsp3) is 0.529. The summed E-state index contributed by atoms with van der Waals surface area (Å²) in [7, 11) is 1.56. The Balaban J connectivity index is 1.79. The normalized spacial score (nSPS) is 16.9. The lowest BCUT2D eigenvalue weighted by atomic mass is 9.95. The molecule has 0 radical (unpaired) electrons. The molecule has 1 aliphatic heterocycles. The molecule has 0 aliphatic carbocycles. The van der Waals surface area contributed by atoms with Crippen LogP contribution in [-0.4, -0.2) is 49.6 Å². The second kappa shape index (κ2) is 8.64. The van der Waals surface area contributed by atoms with E-state index < -0.39 is 0 Å². The summed E-state index contributed by atoms with van der Waals surface area (Å²) in [6.07, 6.45) is 1.44. The quantitative estimate of drug-likeness (QED) is 0.826. The molecule has 1 saturated heterocycles. The van der Waals surface area contributed by atoms with Crippen LogP contribution in [0.15, 0.2) is 30.3 Å². The van der Waals surface area contributed by atoms with Gasteiger partial charge in [-0.25, -0.2) is 0 Å². The predicted molar refractivity (Wildman–Crippen MR) is 88.8 cm³/mol. The molecular weight excluding hydrogens is 294 g/mol. The van der Waals surface area contributed by atoms with Crippen molar-refractivity contribution in [3.63, 3.8) is 0 Å². The maximum absolute atomic E-state index is 12.3. The van der Waals surface area contributed by atoms with E-state index in [2.05, 4.69) is 5.32 Å². The van der Waals surface area contributed by atoms with Gasteiger partial charge in [0.2, 0.25) is 11.8 Å². The molecule has 2 rings (SSSR count). The summed E-state index contributed by atoms with van der Waals surface area (Å²) in [6, 6.07) is 9.43. The van der Waals surface area contributed by atoms with Crippen molar-refractivity contribution in [1.29, 1.82) is 0 Å². The predicted octanol–water partition coefficient (Wildman–Crippen LogP) is 1.23. The minimum absolute atomic E-state index is 0.0278. The number of piperidine rings is 1. The molecular formula is C17H25N3O3. The number of likely N-dealkylation sites (tertiary alicyclic amines) is 1. The number of rotatable bonds is 6. The first kappa shape index (κ1) is 17.4. The van der Waals surface area contributed by atoms with Crippen LogP contribution >= 0.6 is 0 Å². The van der Waals surface area contributed by atoms with E-state index in [0.29, 0.717) is 38.9 Å². The van der Waals surface area contributed by atoms with Gasteiger partial charge in [0, 0.05) is 38.3 Å². The third-order valence-corrected chi connectivity index (χ3v) is 4.26. The summed E-state index contributed by atoms with van der Waals surface area (Å²) >= 11 is 0. The number of carbonyl (C=O) groups excluding carboxylic acids is 2. The fourth-order valence-electron chi connectivity index (χ4n) is 2.74. The highest BCUT2D eigenvalue weighted by molar-refractivity contribution is 5.92. The average Bonchev–Trinajstić information content (AvgIpc) is 2.60. The van der Waals surface area contributed by atoms with E-state index in [1.54, 1.807) is 12.0 Å². The van der Waals surface area contributed by atoms with Gasteiger partial charge in [-0.15, -0.1) is 0 Å². The van der Waals surface area contributed by atoms with E-state index in [9.17, 15) is 9.59 Å². The van der Waals surface area contributed by atoms with Crippen LogP contribution in [0.4, 0.5) is 5.69 Å². The number of hydrogen-bond donors (Lipinski definition) is 2. The van der Waals surface area contributed by atoms with E-state index in [1.807, 2.05) is 30.3 Å². The standard InChI is InChI=1S/C17H25N3O3/c1-23-15(12-18)11-16(21)20-9-7-13(8-10-20)17(22)19-14-5-3-2-4-6-14/h2-6,13,15H,7-12,18H2,1H3,(H,19,22). The first-order valence-electron chi connectivity index (χ1n) is 8.00. The van der Waals surface area contributed by atoms with Gasteiger partial charge in [-0.1, -0.05) is 18.2 Å². The van der Waals surface area contributed by atoms with E-state index in [0.717, 1.165) is 5.69 Å². The maximum Gasteiger partial charge on any atom is 0.227 e. The molecule has 23 heavy (non-hydrogen) atoms. The lowest BCUT2D eigenvalue weighted by molar-refractivity contribution is -0.136. The Labute approximate surface area is 137 Å². The summed E-state index contributed by atoms with van der Waals surface area (Å²) in [5.74, 6) is 0.0243. The number of benzene rings is 1. The second-order valence-electron chi connectivity index (χ2n) is 5.81. The molecule has 0 bridgehead atoms. The third kappa shape index (κ3) is 5.04. The van der Waals surface area contributed by atoms with Crippen molar-refractivity contribution in [2.24, 2.45) is 11.7 Å². The van der Waals surface area contributed by atoms with E-state index in [-0.39, 0.29) is 23.8 Å². The Morgan fingerprint density at radius 3 is 2.52 bits per heavy atom. The smallest absolute Gasteiger partial charge is 0.227 e. The van der Waals surface area contributed by atoms with Gasteiger partial charge in [0.05, 0.1) is 12.5 Å². The van der Waals surface area contributed by atoms with E-state index >= 15 is 0 Å². The molecule has 6 nitrogen and oxygen atoms in total. The average molecular weight is 319 g/mol. The third-order valence-electron chi connectivity index (χ3n) is 4.26. The number of nitrogens with two attached hydrogens (primary N) is 1. The van der Waals surface area contributed by atoms with Crippen LogP contribution in [0.2, 0.25) is 0 Å². The summed E-state index contributed by atoms with van der Waals surface area (Å²) in [5, 5.41) is 2.93. The highest BCUT2D eigenvalue weighted by Crippen LogP contribution is 2.20. The zero-order valence-corrected chi connectivity index (χ0v) is 13.5. The van der Waals surface area contributed by atoms with Gasteiger partial charge in [-0.05, 0) is 25.0 Å². The van der Waals surface area contributed by atoms with Crippen LogP contribution in [0.25, 0.3) is 0 Å². The Hall–Kier alpha value is -1.92. The molecule has 0 saturated carbocycles. The van der Waals surface area contributed by atoms with Crippen LogP contribution in [0.3, 0.4) is 0 Å². The van der Waals surface area contributed by atoms with E-state index in [4.69, 9.17) is 10.5 Å². The van der Waals surface area contributed by atoms with Crippen molar-refractivity contribution >= 4 is 17.5 Å². The summed E-state index contributed by atoms with van der Waals surface area (Å²) in [4.78, 5) is 26.2. The Kier molecular flexibility index (Phi) is 6.55. The Bertz CT molecular complexity index is 509. The molecule has 1 unspecified atom stereocenters. The number of ether oxygens (including phenoxy) is 1. The molecule has 0 aromatic heterocycles. The fourth-order valence-corrected chi connectivity index (χ4v) is 2.74. The maximum atomic E-state index is 12.3. The highest BCUT2D eigenvalue weighted by Gasteiger charge is 2.28. The van der Waals surface area contributed by atoms with Crippen LogP contribution in [0.5, 0.6) is 0 Å². The molecule has 6 heteroatoms. The first-order chi connectivity index (χ1) is 11.1. The van der Waals surface area contributed by atoms with Crippen molar-refractivity contribution in [3.8, 4) is 0 Å². The van der Waals surface area contributed by atoms with Crippen LogP contribution in [-0.2, 0) is 14.3 Å². The molecule has 0 spiro atoms. The van der Waals surface area contributed by atoms with Gasteiger partial charge in [-0.2, -0.15) is 0 Å². The molecule has 1 aliphatic rings. The molecule has 1 atom stereocenters. The summed E-state index contributed by atoms with van der Waals surface area (Å²) in [5.41, 5.74) is 6.35. The second-order valence-corrected chi connectivity index (χ2v) is 5.81.